The SMILES string of the molecule is CN=C(NCCc1cccs1)NCc1ccc(NCCOC)cc1. The van der Waals surface area contributed by atoms with E-state index in [1.54, 1.807) is 25.5 Å². The Morgan fingerprint density at radius 3 is 2.62 bits per heavy atom. The minimum atomic E-state index is 0.705. The standard InChI is InChI=1S/C18H26N4OS/c1-19-18(21-10-9-17-4-3-13-24-17)22-14-15-5-7-16(8-6-15)20-11-12-23-2/h3-8,13,20H,9-12,14H2,1-2H3,(H2,19,21,22). The molecule has 0 unspecified atom stereocenters. The predicted octanol–water partition coefficient (Wildman–Crippen LogP) is 2.71. The van der Waals surface area contributed by atoms with Crippen molar-refractivity contribution < 1.29 is 4.74 Å². The Balaban J connectivity index is 1.70. The second-order valence-corrected chi connectivity index (χ2v) is 6.33. The van der Waals surface area contributed by atoms with Crippen LogP contribution in [0.3, 0.4) is 0 Å². The number of hydrogen-bond donors (Lipinski definition) is 3. The third-order valence-corrected chi connectivity index (χ3v) is 4.45. The van der Waals surface area contributed by atoms with Gasteiger partial charge < -0.3 is 20.7 Å². The molecule has 0 aliphatic rings. The maximum absolute atomic E-state index is 5.03. The molecule has 1 aromatic carbocycles. The van der Waals surface area contributed by atoms with Crippen LogP contribution in [0.25, 0.3) is 0 Å². The number of hydrogen-bond acceptors (Lipinski definition) is 4. The van der Waals surface area contributed by atoms with Crippen LogP contribution in [0.15, 0.2) is 46.8 Å². The Bertz CT molecular complexity index is 596. The molecular formula is C18H26N4OS. The minimum absolute atomic E-state index is 0.705. The first-order valence-corrected chi connectivity index (χ1v) is 8.98. The van der Waals surface area contributed by atoms with Gasteiger partial charge in [-0.2, -0.15) is 0 Å². The van der Waals surface area contributed by atoms with Gasteiger partial charge in [-0.25, -0.2) is 0 Å². The molecule has 0 saturated heterocycles. The molecule has 5 nitrogen and oxygen atoms in total. The average molecular weight is 347 g/mol. The van der Waals surface area contributed by atoms with E-state index in [2.05, 4.69) is 62.7 Å². The number of ether oxygens (including phenoxy) is 1. The zero-order valence-electron chi connectivity index (χ0n) is 14.3. The van der Waals surface area contributed by atoms with E-state index in [0.717, 1.165) is 37.7 Å². The van der Waals surface area contributed by atoms with E-state index in [-0.39, 0.29) is 0 Å². The molecule has 24 heavy (non-hydrogen) atoms. The van der Waals surface area contributed by atoms with Crippen molar-refractivity contribution in [2.45, 2.75) is 13.0 Å². The Labute approximate surface area is 148 Å². The number of guanidine groups is 1. The zero-order valence-corrected chi connectivity index (χ0v) is 15.2. The zero-order chi connectivity index (χ0) is 17.0. The number of methoxy groups -OCH3 is 1. The van der Waals surface area contributed by atoms with Gasteiger partial charge in [-0.15, -0.1) is 11.3 Å². The second-order valence-electron chi connectivity index (χ2n) is 5.30. The van der Waals surface area contributed by atoms with Gasteiger partial charge in [-0.3, -0.25) is 4.99 Å². The van der Waals surface area contributed by atoms with Gasteiger partial charge in [0.15, 0.2) is 5.96 Å². The summed E-state index contributed by atoms with van der Waals surface area (Å²) < 4.78 is 5.03. The summed E-state index contributed by atoms with van der Waals surface area (Å²) in [5, 5.41) is 12.1. The van der Waals surface area contributed by atoms with E-state index in [9.17, 15) is 0 Å². The van der Waals surface area contributed by atoms with E-state index < -0.39 is 0 Å². The van der Waals surface area contributed by atoms with Crippen molar-refractivity contribution in [3.8, 4) is 0 Å². The van der Waals surface area contributed by atoms with Gasteiger partial charge in [0.2, 0.25) is 0 Å². The van der Waals surface area contributed by atoms with Crippen molar-refractivity contribution in [1.82, 2.24) is 10.6 Å². The van der Waals surface area contributed by atoms with Crippen molar-refractivity contribution in [1.29, 1.82) is 0 Å². The first kappa shape index (κ1) is 18.3. The molecular weight excluding hydrogens is 320 g/mol. The van der Waals surface area contributed by atoms with Crippen molar-refractivity contribution in [2.75, 3.05) is 39.2 Å². The van der Waals surface area contributed by atoms with E-state index in [1.807, 2.05) is 0 Å². The van der Waals surface area contributed by atoms with Crippen molar-refractivity contribution in [3.05, 3.63) is 52.2 Å². The molecule has 0 fully saturated rings. The predicted molar refractivity (Wildman–Crippen MR) is 103 cm³/mol. The highest BCUT2D eigenvalue weighted by molar-refractivity contribution is 7.09. The van der Waals surface area contributed by atoms with Gasteiger partial charge in [-0.05, 0) is 35.6 Å². The van der Waals surface area contributed by atoms with Gasteiger partial charge in [0, 0.05) is 44.4 Å². The lowest BCUT2D eigenvalue weighted by atomic mass is 10.2. The monoisotopic (exact) mass is 346 g/mol. The highest BCUT2D eigenvalue weighted by atomic mass is 32.1. The Hall–Kier alpha value is -2.05. The molecule has 1 heterocycles. The molecule has 1 aromatic heterocycles. The maximum atomic E-state index is 5.03. The van der Waals surface area contributed by atoms with E-state index >= 15 is 0 Å². The Morgan fingerprint density at radius 1 is 1.12 bits per heavy atom. The molecule has 2 rings (SSSR count). The molecule has 0 radical (unpaired) electrons. The number of nitrogens with zero attached hydrogens (tertiary/aromatic N) is 1. The van der Waals surface area contributed by atoms with Crippen LogP contribution < -0.4 is 16.0 Å². The lowest BCUT2D eigenvalue weighted by molar-refractivity contribution is 0.211. The summed E-state index contributed by atoms with van der Waals surface area (Å²) >= 11 is 1.79. The normalized spacial score (nSPS) is 11.3. The number of rotatable bonds is 9. The fraction of sp³-hybridized carbons (Fsp3) is 0.389. The molecule has 0 saturated carbocycles. The fourth-order valence-electron chi connectivity index (χ4n) is 2.20. The van der Waals surface area contributed by atoms with E-state index in [4.69, 9.17) is 4.74 Å². The summed E-state index contributed by atoms with van der Waals surface area (Å²) in [6.45, 7) is 3.14. The Morgan fingerprint density at radius 2 is 1.96 bits per heavy atom. The van der Waals surface area contributed by atoms with Crippen molar-refractivity contribution in [2.24, 2.45) is 4.99 Å². The van der Waals surface area contributed by atoms with Crippen LogP contribution in [0.2, 0.25) is 0 Å². The van der Waals surface area contributed by atoms with Gasteiger partial charge >= 0.3 is 0 Å². The summed E-state index contributed by atoms with van der Waals surface area (Å²) in [7, 11) is 3.50. The van der Waals surface area contributed by atoms with Crippen molar-refractivity contribution in [3.63, 3.8) is 0 Å². The molecule has 0 spiro atoms. The third-order valence-electron chi connectivity index (χ3n) is 3.52. The molecule has 0 aliphatic carbocycles. The summed E-state index contributed by atoms with van der Waals surface area (Å²) in [4.78, 5) is 5.64. The molecule has 3 N–H and O–H groups in total. The number of nitrogens with one attached hydrogen (secondary N) is 3. The minimum Gasteiger partial charge on any atom is -0.383 e. The summed E-state index contributed by atoms with van der Waals surface area (Å²) in [5.74, 6) is 0.828. The summed E-state index contributed by atoms with van der Waals surface area (Å²) in [5.41, 5.74) is 2.32. The molecule has 0 amide bonds. The lowest BCUT2D eigenvalue weighted by Crippen LogP contribution is -2.37. The van der Waals surface area contributed by atoms with Gasteiger partial charge in [0.05, 0.1) is 6.61 Å². The van der Waals surface area contributed by atoms with E-state index in [0.29, 0.717) is 6.61 Å². The van der Waals surface area contributed by atoms with Crippen LogP contribution in [0.1, 0.15) is 10.4 Å². The molecule has 2 aromatic rings. The lowest BCUT2D eigenvalue weighted by Gasteiger charge is -2.12. The first-order chi connectivity index (χ1) is 11.8. The number of benzene rings is 1. The van der Waals surface area contributed by atoms with Crippen LogP contribution in [-0.4, -0.2) is 39.8 Å². The largest absolute Gasteiger partial charge is 0.383 e. The Kier molecular flexibility index (Phi) is 8.13. The number of thiophene rings is 1. The van der Waals surface area contributed by atoms with Crippen LogP contribution in [0, 0.1) is 0 Å². The average Bonchev–Trinajstić information content (AvgIpc) is 3.13. The molecule has 0 atom stereocenters. The summed E-state index contributed by atoms with van der Waals surface area (Å²) in [6.07, 6.45) is 1.01. The summed E-state index contributed by atoms with van der Waals surface area (Å²) in [6, 6.07) is 12.6. The van der Waals surface area contributed by atoms with Crippen LogP contribution >= 0.6 is 11.3 Å². The smallest absolute Gasteiger partial charge is 0.191 e. The third kappa shape index (κ3) is 6.60. The quantitative estimate of drug-likeness (QED) is 0.371. The second kappa shape index (κ2) is 10.7. The fourth-order valence-corrected chi connectivity index (χ4v) is 2.91. The highest BCUT2D eigenvalue weighted by Crippen LogP contribution is 2.09. The molecule has 6 heteroatoms. The van der Waals surface area contributed by atoms with Gasteiger partial charge in [0.1, 0.15) is 0 Å². The van der Waals surface area contributed by atoms with Crippen LogP contribution in [-0.2, 0) is 17.7 Å². The molecule has 0 bridgehead atoms. The first-order valence-electron chi connectivity index (χ1n) is 8.10. The molecule has 0 aliphatic heterocycles. The van der Waals surface area contributed by atoms with Crippen LogP contribution in [0.4, 0.5) is 5.69 Å². The number of aliphatic imine (C=N–C) groups is 1. The van der Waals surface area contributed by atoms with E-state index in [1.165, 1.54) is 10.4 Å². The number of anilines is 1. The highest BCUT2D eigenvalue weighted by Gasteiger charge is 2.00. The van der Waals surface area contributed by atoms with Crippen molar-refractivity contribution >= 4 is 23.0 Å². The topological polar surface area (TPSA) is 57.7 Å². The maximum Gasteiger partial charge on any atom is 0.191 e. The van der Waals surface area contributed by atoms with Gasteiger partial charge in [-0.1, -0.05) is 18.2 Å². The van der Waals surface area contributed by atoms with Crippen LogP contribution in [0.5, 0.6) is 0 Å². The van der Waals surface area contributed by atoms with Gasteiger partial charge in [0.25, 0.3) is 0 Å². The molecule has 130 valence electrons.